The number of hydrogen-bond donors (Lipinski definition) is 1. The number of anilines is 1. The number of halogens is 1. The zero-order valence-electron chi connectivity index (χ0n) is 9.52. The Morgan fingerprint density at radius 3 is 2.50 bits per heavy atom. The Balaban J connectivity index is 3.38. The molecule has 0 aliphatic rings. The predicted octanol–water partition coefficient (Wildman–Crippen LogP) is 1.99. The molecule has 0 heterocycles. The molecule has 8 heteroatoms. The number of esters is 1. The summed E-state index contributed by atoms with van der Waals surface area (Å²) in [5.41, 5.74) is -0.653. The minimum absolute atomic E-state index is 0.0452. The summed E-state index contributed by atoms with van der Waals surface area (Å²) >= 11 is 5.79. The van der Waals surface area contributed by atoms with Crippen molar-refractivity contribution in [2.24, 2.45) is 0 Å². The largest absolute Gasteiger partial charge is 0.465 e. The Hall–Kier alpha value is -2.15. The van der Waals surface area contributed by atoms with E-state index < -0.39 is 22.5 Å². The molecular weight excluding hydrogens is 264 g/mol. The van der Waals surface area contributed by atoms with E-state index in [2.05, 4.69) is 10.1 Å². The molecular formula is C10H9ClN2O5. The van der Waals surface area contributed by atoms with Gasteiger partial charge in [-0.15, -0.1) is 0 Å². The van der Waals surface area contributed by atoms with Crippen molar-refractivity contribution < 1.29 is 19.2 Å². The summed E-state index contributed by atoms with van der Waals surface area (Å²) in [6, 6.07) is 2.09. The average Bonchev–Trinajstić information content (AvgIpc) is 2.27. The second-order valence-corrected chi connectivity index (χ2v) is 3.69. The molecule has 0 aromatic heterocycles. The molecule has 0 radical (unpaired) electrons. The van der Waals surface area contributed by atoms with Gasteiger partial charge in [0.2, 0.25) is 5.91 Å². The van der Waals surface area contributed by atoms with E-state index in [1.807, 2.05) is 0 Å². The maximum Gasteiger partial charge on any atom is 0.339 e. The highest BCUT2D eigenvalue weighted by atomic mass is 35.5. The van der Waals surface area contributed by atoms with Crippen LogP contribution in [0.15, 0.2) is 12.1 Å². The lowest BCUT2D eigenvalue weighted by atomic mass is 10.1. The number of nitro benzene ring substituents is 1. The second kappa shape index (κ2) is 5.46. The van der Waals surface area contributed by atoms with Crippen molar-refractivity contribution in [3.63, 3.8) is 0 Å². The first-order valence-corrected chi connectivity index (χ1v) is 5.08. The van der Waals surface area contributed by atoms with Crippen molar-refractivity contribution in [1.29, 1.82) is 0 Å². The molecule has 0 bridgehead atoms. The Labute approximate surface area is 107 Å². The maximum absolute atomic E-state index is 11.3. The fourth-order valence-corrected chi connectivity index (χ4v) is 1.51. The summed E-state index contributed by atoms with van der Waals surface area (Å²) in [6.07, 6.45) is 0. The van der Waals surface area contributed by atoms with Gasteiger partial charge in [0.25, 0.3) is 5.69 Å². The quantitative estimate of drug-likeness (QED) is 0.515. The van der Waals surface area contributed by atoms with E-state index in [0.29, 0.717) is 0 Å². The van der Waals surface area contributed by atoms with Gasteiger partial charge in [0, 0.05) is 13.0 Å². The van der Waals surface area contributed by atoms with Gasteiger partial charge in [0.15, 0.2) is 0 Å². The van der Waals surface area contributed by atoms with Gasteiger partial charge < -0.3 is 10.1 Å². The molecule has 1 aromatic carbocycles. The number of ether oxygens (including phenoxy) is 1. The molecule has 0 unspecified atom stereocenters. The molecule has 0 aliphatic carbocycles. The zero-order chi connectivity index (χ0) is 13.9. The Bertz CT molecular complexity index is 529. The number of amides is 1. The molecule has 7 nitrogen and oxygen atoms in total. The standard InChI is InChI=1S/C10H9ClN2O5/c1-5(14)12-8-4-7(11)6(10(15)18-2)3-9(8)13(16)17/h3-4H,1-2H3,(H,12,14). The van der Waals surface area contributed by atoms with Crippen LogP contribution in [0.1, 0.15) is 17.3 Å². The number of nitrogens with zero attached hydrogens (tertiary/aromatic N) is 1. The van der Waals surface area contributed by atoms with E-state index in [1.54, 1.807) is 0 Å². The molecule has 0 saturated carbocycles. The third kappa shape index (κ3) is 2.95. The first-order chi connectivity index (χ1) is 8.36. The van der Waals surface area contributed by atoms with Crippen LogP contribution in [0.5, 0.6) is 0 Å². The molecule has 1 rings (SSSR count). The molecule has 18 heavy (non-hydrogen) atoms. The van der Waals surface area contributed by atoms with Crippen LogP contribution >= 0.6 is 11.6 Å². The van der Waals surface area contributed by atoms with Gasteiger partial charge in [-0.05, 0) is 6.07 Å². The minimum atomic E-state index is -0.794. The first-order valence-electron chi connectivity index (χ1n) is 4.70. The van der Waals surface area contributed by atoms with Gasteiger partial charge in [0.1, 0.15) is 5.69 Å². The van der Waals surface area contributed by atoms with E-state index in [1.165, 1.54) is 6.92 Å². The summed E-state index contributed by atoms with van der Waals surface area (Å²) in [5, 5.41) is 13.1. The smallest absolute Gasteiger partial charge is 0.339 e. The van der Waals surface area contributed by atoms with E-state index in [-0.39, 0.29) is 16.3 Å². The number of nitro groups is 1. The molecule has 1 aromatic rings. The highest BCUT2D eigenvalue weighted by molar-refractivity contribution is 6.34. The summed E-state index contributed by atoms with van der Waals surface area (Å²) in [5.74, 6) is -1.28. The third-order valence-corrected chi connectivity index (χ3v) is 2.31. The summed E-state index contributed by atoms with van der Waals surface area (Å²) < 4.78 is 4.44. The number of benzene rings is 1. The maximum atomic E-state index is 11.3. The van der Waals surface area contributed by atoms with Crippen LogP contribution in [0, 0.1) is 10.1 Å². The fraction of sp³-hybridized carbons (Fsp3) is 0.200. The Kier molecular flexibility index (Phi) is 4.22. The van der Waals surface area contributed by atoms with E-state index >= 15 is 0 Å². The van der Waals surface area contributed by atoms with Crippen molar-refractivity contribution in [2.75, 3.05) is 12.4 Å². The molecule has 0 atom stereocenters. The van der Waals surface area contributed by atoms with Gasteiger partial charge >= 0.3 is 5.97 Å². The molecule has 0 saturated heterocycles. The van der Waals surface area contributed by atoms with Gasteiger partial charge in [0.05, 0.1) is 22.6 Å². The molecule has 96 valence electrons. The first kappa shape index (κ1) is 13.9. The van der Waals surface area contributed by atoms with Crippen molar-refractivity contribution in [2.45, 2.75) is 6.92 Å². The average molecular weight is 273 g/mol. The van der Waals surface area contributed by atoms with Crippen molar-refractivity contribution in [3.05, 3.63) is 32.8 Å². The highest BCUT2D eigenvalue weighted by Crippen LogP contribution is 2.31. The molecule has 0 spiro atoms. The highest BCUT2D eigenvalue weighted by Gasteiger charge is 2.22. The van der Waals surface area contributed by atoms with Crippen LogP contribution in [0.2, 0.25) is 5.02 Å². The lowest BCUT2D eigenvalue weighted by Crippen LogP contribution is -2.10. The van der Waals surface area contributed by atoms with Crippen LogP contribution in [0.4, 0.5) is 11.4 Å². The summed E-state index contributed by atoms with van der Waals surface area (Å²) in [4.78, 5) is 32.3. The topological polar surface area (TPSA) is 98.5 Å². The van der Waals surface area contributed by atoms with Crippen LogP contribution in [-0.2, 0) is 9.53 Å². The van der Waals surface area contributed by atoms with Gasteiger partial charge in [-0.1, -0.05) is 11.6 Å². The SMILES string of the molecule is COC(=O)c1cc([N+](=O)[O-])c(NC(C)=O)cc1Cl. The number of hydrogen-bond acceptors (Lipinski definition) is 5. The molecule has 1 N–H and O–H groups in total. The number of rotatable bonds is 3. The van der Waals surface area contributed by atoms with Gasteiger partial charge in [-0.2, -0.15) is 0 Å². The van der Waals surface area contributed by atoms with Crippen LogP contribution in [0.25, 0.3) is 0 Å². The van der Waals surface area contributed by atoms with Crippen LogP contribution < -0.4 is 5.32 Å². The molecule has 1 amide bonds. The van der Waals surface area contributed by atoms with Gasteiger partial charge in [-0.25, -0.2) is 4.79 Å². The van der Waals surface area contributed by atoms with E-state index in [4.69, 9.17) is 11.6 Å². The Morgan fingerprint density at radius 1 is 1.44 bits per heavy atom. The zero-order valence-corrected chi connectivity index (χ0v) is 10.3. The van der Waals surface area contributed by atoms with Crippen LogP contribution in [0.3, 0.4) is 0 Å². The number of carbonyl (C=O) groups excluding carboxylic acids is 2. The summed E-state index contributed by atoms with van der Waals surface area (Å²) in [7, 11) is 1.13. The van der Waals surface area contributed by atoms with E-state index in [9.17, 15) is 19.7 Å². The summed E-state index contributed by atoms with van der Waals surface area (Å²) in [6.45, 7) is 1.20. The lowest BCUT2D eigenvalue weighted by molar-refractivity contribution is -0.384. The molecule has 0 fully saturated rings. The van der Waals surface area contributed by atoms with Gasteiger partial charge in [-0.3, -0.25) is 14.9 Å². The monoisotopic (exact) mass is 272 g/mol. The van der Waals surface area contributed by atoms with E-state index in [0.717, 1.165) is 19.2 Å². The molecule has 0 aliphatic heterocycles. The Morgan fingerprint density at radius 2 is 2.06 bits per heavy atom. The number of carbonyl (C=O) groups is 2. The van der Waals surface area contributed by atoms with Crippen molar-refractivity contribution in [3.8, 4) is 0 Å². The second-order valence-electron chi connectivity index (χ2n) is 3.28. The lowest BCUT2D eigenvalue weighted by Gasteiger charge is -2.07. The van der Waals surface area contributed by atoms with Crippen molar-refractivity contribution >= 4 is 34.9 Å². The fourth-order valence-electron chi connectivity index (χ4n) is 1.27. The van der Waals surface area contributed by atoms with Crippen molar-refractivity contribution in [1.82, 2.24) is 0 Å². The third-order valence-electron chi connectivity index (χ3n) is 2.00. The van der Waals surface area contributed by atoms with Crippen LogP contribution in [-0.4, -0.2) is 23.9 Å². The predicted molar refractivity (Wildman–Crippen MR) is 63.7 cm³/mol. The number of methoxy groups -OCH3 is 1. The number of nitrogens with one attached hydrogen (secondary N) is 1. The minimum Gasteiger partial charge on any atom is -0.465 e. The normalized spacial score (nSPS) is 9.72.